The zero-order valence-corrected chi connectivity index (χ0v) is 27.4. The molecule has 264 valence electrons. The monoisotopic (exact) mass is 684 g/mol. The Bertz CT molecular complexity index is 1620. The number of aryl methyl sites for hydroxylation is 1. The van der Waals surface area contributed by atoms with Crippen LogP contribution >= 0.6 is 0 Å². The van der Waals surface area contributed by atoms with E-state index in [2.05, 4.69) is 0 Å². The van der Waals surface area contributed by atoms with Crippen LogP contribution in [-0.2, 0) is 38.1 Å². The maximum Gasteiger partial charge on any atom is 0.310 e. The Hall–Kier alpha value is -4.11. The predicted octanol–water partition coefficient (Wildman–Crippen LogP) is 3.11. The van der Waals surface area contributed by atoms with Crippen LogP contribution in [0.2, 0.25) is 0 Å². The van der Waals surface area contributed by atoms with Crippen LogP contribution in [0, 0.1) is 24.7 Å². The number of hydrogen-bond donors (Lipinski definition) is 3. The van der Waals surface area contributed by atoms with E-state index in [-0.39, 0.29) is 50.1 Å². The van der Waals surface area contributed by atoms with E-state index in [4.69, 9.17) is 43.0 Å². The highest BCUT2D eigenvalue weighted by molar-refractivity contribution is 5.79. The van der Waals surface area contributed by atoms with Crippen LogP contribution in [0.15, 0.2) is 24.3 Å². The molecule has 3 aliphatic heterocycles. The van der Waals surface area contributed by atoms with Gasteiger partial charge < -0.3 is 53.2 Å². The Labute approximate surface area is 282 Å². The number of aliphatic carboxylic acids is 1. The summed E-state index contributed by atoms with van der Waals surface area (Å²) in [6.45, 7) is 3.84. The average molecular weight is 685 g/mol. The maximum atomic E-state index is 13.6. The summed E-state index contributed by atoms with van der Waals surface area (Å²) in [6.07, 6.45) is -5.27. The Morgan fingerprint density at radius 2 is 1.78 bits per heavy atom. The number of fused-ring (bicyclic) bond motifs is 4. The lowest BCUT2D eigenvalue weighted by molar-refractivity contribution is -0.291. The third kappa shape index (κ3) is 6.15. The van der Waals surface area contributed by atoms with E-state index in [0.717, 1.165) is 11.1 Å². The van der Waals surface area contributed by atoms with Crippen molar-refractivity contribution in [3.63, 3.8) is 0 Å². The number of cyclic esters (lactones) is 1. The van der Waals surface area contributed by atoms with Gasteiger partial charge in [-0.1, -0.05) is 6.07 Å². The Kier molecular flexibility index (Phi) is 9.07. The van der Waals surface area contributed by atoms with Crippen LogP contribution in [0.3, 0.4) is 0 Å². The molecule has 2 aliphatic carbocycles. The summed E-state index contributed by atoms with van der Waals surface area (Å²) in [5.41, 5.74) is 2.75. The lowest BCUT2D eigenvalue weighted by Gasteiger charge is -2.48. The van der Waals surface area contributed by atoms with Crippen molar-refractivity contribution in [1.82, 2.24) is 0 Å². The van der Waals surface area contributed by atoms with Crippen molar-refractivity contribution in [1.29, 1.82) is 0 Å². The van der Waals surface area contributed by atoms with Gasteiger partial charge in [-0.15, -0.1) is 0 Å². The average Bonchev–Trinajstić information content (AvgIpc) is 3.69. The zero-order chi connectivity index (χ0) is 34.6. The van der Waals surface area contributed by atoms with Gasteiger partial charge in [0.05, 0.1) is 44.6 Å². The van der Waals surface area contributed by atoms with Gasteiger partial charge in [0, 0.05) is 30.6 Å². The lowest BCUT2D eigenvalue weighted by atomic mass is 9.66. The van der Waals surface area contributed by atoms with Gasteiger partial charge in [0.15, 0.2) is 35.4 Å². The van der Waals surface area contributed by atoms with E-state index in [1.54, 1.807) is 19.9 Å². The van der Waals surface area contributed by atoms with E-state index in [9.17, 15) is 24.6 Å². The summed E-state index contributed by atoms with van der Waals surface area (Å²) >= 11 is 0. The van der Waals surface area contributed by atoms with Crippen molar-refractivity contribution in [3.05, 3.63) is 46.5 Å². The number of carbonyl (C=O) groups is 3. The van der Waals surface area contributed by atoms with Crippen LogP contribution in [-0.4, -0.2) is 91.0 Å². The standard InChI is InChI=1S/C35H40O14/c1-15-7-17(8-24(42-3)30(15)39)28-19-10-22-23(46-14-45-22)11-20(19)33(21-13-44-35(41)29(21)28)48-25-9-18-12-43-16(2)47-32(18)31(40)34(25)49-27(38)6-4-5-26(36)37/h7-8,10-11,16,18,21,25,28-29,31-34,39-40H,4-6,9,12-14H2,1-3H3,(H,36,37)/t16?,18?,21-,25?,28+,29-,31?,32?,33+,34?/m0/s1. The molecule has 2 aromatic carbocycles. The SMILES string of the molecule is COc1cc([C@@H]2c3cc4c(cc3[C@@H](OC3CC5COC(C)OC5C(O)C3OC(=O)CCCC(=O)O)[C@H]3COC(=O)[C@H]23)OCO4)cc(C)c1O. The third-order valence-electron chi connectivity index (χ3n) is 10.3. The molecule has 14 heteroatoms. The van der Waals surface area contributed by atoms with E-state index in [1.165, 1.54) is 7.11 Å². The summed E-state index contributed by atoms with van der Waals surface area (Å²) in [6, 6.07) is 7.21. The number of phenolic OH excluding ortho intramolecular Hbond substituents is 1. The zero-order valence-electron chi connectivity index (χ0n) is 27.4. The molecule has 5 aliphatic rings. The van der Waals surface area contributed by atoms with E-state index >= 15 is 0 Å². The van der Waals surface area contributed by atoms with Gasteiger partial charge in [-0.3, -0.25) is 14.4 Å². The number of hydrogen-bond acceptors (Lipinski definition) is 13. The smallest absolute Gasteiger partial charge is 0.310 e. The minimum Gasteiger partial charge on any atom is -0.504 e. The van der Waals surface area contributed by atoms with Crippen molar-refractivity contribution in [2.45, 2.75) is 82.3 Å². The highest BCUT2D eigenvalue weighted by Gasteiger charge is 2.56. The lowest BCUT2D eigenvalue weighted by Crippen LogP contribution is -2.60. The number of rotatable bonds is 9. The first-order valence-corrected chi connectivity index (χ1v) is 16.5. The molecule has 6 unspecified atom stereocenters. The Morgan fingerprint density at radius 1 is 1.02 bits per heavy atom. The first-order valence-electron chi connectivity index (χ1n) is 16.5. The number of phenols is 1. The number of ether oxygens (including phenoxy) is 8. The number of methoxy groups -OCH3 is 1. The minimum atomic E-state index is -1.27. The molecule has 0 spiro atoms. The molecular formula is C35H40O14. The molecule has 2 saturated heterocycles. The van der Waals surface area contributed by atoms with Crippen molar-refractivity contribution >= 4 is 17.9 Å². The summed E-state index contributed by atoms with van der Waals surface area (Å²) in [4.78, 5) is 37.6. The molecule has 14 nitrogen and oxygen atoms in total. The molecule has 1 saturated carbocycles. The van der Waals surface area contributed by atoms with Crippen molar-refractivity contribution in [2.24, 2.45) is 17.8 Å². The van der Waals surface area contributed by atoms with Crippen LogP contribution in [0.1, 0.15) is 66.9 Å². The molecule has 7 rings (SSSR count). The topological polar surface area (TPSA) is 186 Å². The van der Waals surface area contributed by atoms with Crippen LogP contribution in [0.4, 0.5) is 0 Å². The first kappa shape index (κ1) is 33.4. The molecule has 49 heavy (non-hydrogen) atoms. The number of carboxylic acid groups (broad SMARTS) is 1. The second-order valence-electron chi connectivity index (χ2n) is 13.3. The fourth-order valence-corrected chi connectivity index (χ4v) is 7.98. The Morgan fingerprint density at radius 3 is 2.51 bits per heavy atom. The number of aliphatic hydroxyl groups excluding tert-OH is 1. The number of aromatic hydroxyl groups is 1. The predicted molar refractivity (Wildman–Crippen MR) is 165 cm³/mol. The largest absolute Gasteiger partial charge is 0.504 e. The molecule has 0 bridgehead atoms. The van der Waals surface area contributed by atoms with E-state index < -0.39 is 72.5 Å². The Balaban J connectivity index is 1.28. The minimum absolute atomic E-state index is 0.00232. The van der Waals surface area contributed by atoms with Gasteiger partial charge in [0.25, 0.3) is 0 Å². The molecule has 0 aromatic heterocycles. The van der Waals surface area contributed by atoms with Gasteiger partial charge in [-0.2, -0.15) is 0 Å². The van der Waals surface area contributed by atoms with Crippen LogP contribution in [0.25, 0.3) is 0 Å². The molecule has 3 N–H and O–H groups in total. The second kappa shape index (κ2) is 13.3. The highest BCUT2D eigenvalue weighted by Crippen LogP contribution is 2.57. The summed E-state index contributed by atoms with van der Waals surface area (Å²) in [5, 5.41) is 31.3. The number of carbonyl (C=O) groups excluding carboxylic acids is 2. The van der Waals surface area contributed by atoms with E-state index in [1.807, 2.05) is 18.2 Å². The summed E-state index contributed by atoms with van der Waals surface area (Å²) in [7, 11) is 1.46. The summed E-state index contributed by atoms with van der Waals surface area (Å²) in [5.74, 6) is -2.84. The number of benzene rings is 2. The first-order chi connectivity index (χ1) is 23.5. The van der Waals surface area contributed by atoms with Gasteiger partial charge in [-0.05, 0) is 67.1 Å². The fourth-order valence-electron chi connectivity index (χ4n) is 7.98. The maximum absolute atomic E-state index is 13.6. The van der Waals surface area contributed by atoms with Gasteiger partial charge in [0.1, 0.15) is 6.10 Å². The molecular weight excluding hydrogens is 644 g/mol. The molecule has 0 amide bonds. The van der Waals surface area contributed by atoms with Crippen LogP contribution < -0.4 is 14.2 Å². The van der Waals surface area contributed by atoms with Crippen molar-refractivity contribution in [3.8, 4) is 23.0 Å². The van der Waals surface area contributed by atoms with Gasteiger partial charge >= 0.3 is 17.9 Å². The fraction of sp³-hybridized carbons (Fsp3) is 0.571. The quantitative estimate of drug-likeness (QED) is 0.327. The second-order valence-corrected chi connectivity index (χ2v) is 13.3. The van der Waals surface area contributed by atoms with Crippen LogP contribution in [0.5, 0.6) is 23.0 Å². The molecule has 3 fully saturated rings. The van der Waals surface area contributed by atoms with Crippen molar-refractivity contribution in [2.75, 3.05) is 27.1 Å². The summed E-state index contributed by atoms with van der Waals surface area (Å²) < 4.78 is 47.1. The number of aliphatic hydroxyl groups is 1. The highest BCUT2D eigenvalue weighted by atomic mass is 16.7. The van der Waals surface area contributed by atoms with Gasteiger partial charge in [0.2, 0.25) is 6.79 Å². The molecule has 3 heterocycles. The van der Waals surface area contributed by atoms with Crippen molar-refractivity contribution < 1.29 is 67.6 Å². The third-order valence-corrected chi connectivity index (χ3v) is 10.3. The number of carboxylic acids is 1. The number of esters is 2. The molecule has 10 atom stereocenters. The molecule has 0 radical (unpaired) electrons. The molecule has 2 aromatic rings. The normalized spacial score (nSPS) is 32.8. The van der Waals surface area contributed by atoms with E-state index in [0.29, 0.717) is 35.7 Å². The van der Waals surface area contributed by atoms with Gasteiger partial charge in [-0.25, -0.2) is 0 Å².